The molecule has 2 aromatic rings. The molecule has 3 amide bonds. The number of nitrogens with one attached hydrogen (secondary N) is 1. The van der Waals surface area contributed by atoms with E-state index in [2.05, 4.69) is 10.1 Å². The van der Waals surface area contributed by atoms with Crippen LogP contribution in [0.3, 0.4) is 0 Å². The minimum Gasteiger partial charge on any atom is -0.463 e. The lowest BCUT2D eigenvalue weighted by molar-refractivity contribution is -0.128. The van der Waals surface area contributed by atoms with Gasteiger partial charge in [-0.25, -0.2) is 9.59 Å². The Morgan fingerprint density at radius 2 is 1.96 bits per heavy atom. The lowest BCUT2D eigenvalue weighted by Crippen LogP contribution is -2.32. The van der Waals surface area contributed by atoms with Gasteiger partial charge in [0, 0.05) is 6.42 Å². The van der Waals surface area contributed by atoms with E-state index in [-0.39, 0.29) is 18.2 Å². The van der Waals surface area contributed by atoms with Crippen molar-refractivity contribution in [2.24, 2.45) is 0 Å². The standard InChI is InChI=1S/C17H16N2O5/c1-23-16(21)14-8-7-12(24-14)10-19-15(20)13(18-17(19)22)9-11-5-3-2-4-6-11/h2-8,13H,9-10H2,1H3,(H,18,22). The van der Waals surface area contributed by atoms with Crippen molar-refractivity contribution in [3.05, 3.63) is 59.5 Å². The molecule has 1 atom stereocenters. The molecule has 1 aliphatic heterocycles. The molecular formula is C17H16N2O5. The number of furan rings is 1. The van der Waals surface area contributed by atoms with Crippen LogP contribution in [0.1, 0.15) is 21.9 Å². The van der Waals surface area contributed by atoms with E-state index < -0.39 is 18.0 Å². The molecule has 0 saturated carbocycles. The number of urea groups is 1. The molecule has 1 fully saturated rings. The van der Waals surface area contributed by atoms with Gasteiger partial charge in [-0.05, 0) is 17.7 Å². The van der Waals surface area contributed by atoms with Gasteiger partial charge in [-0.15, -0.1) is 0 Å². The number of imide groups is 1. The van der Waals surface area contributed by atoms with Crippen LogP contribution in [-0.2, 0) is 22.5 Å². The second-order valence-corrected chi connectivity index (χ2v) is 5.37. The zero-order valence-corrected chi connectivity index (χ0v) is 13.0. The monoisotopic (exact) mass is 328 g/mol. The zero-order valence-electron chi connectivity index (χ0n) is 13.0. The average Bonchev–Trinajstić information content (AvgIpc) is 3.16. The Kier molecular flexibility index (Phi) is 4.33. The molecule has 24 heavy (non-hydrogen) atoms. The number of carbonyl (C=O) groups excluding carboxylic acids is 3. The molecule has 0 spiro atoms. The molecular weight excluding hydrogens is 312 g/mol. The second-order valence-electron chi connectivity index (χ2n) is 5.37. The highest BCUT2D eigenvalue weighted by atomic mass is 16.5. The topological polar surface area (TPSA) is 88.9 Å². The summed E-state index contributed by atoms with van der Waals surface area (Å²) >= 11 is 0. The number of methoxy groups -OCH3 is 1. The maximum Gasteiger partial charge on any atom is 0.373 e. The Hall–Kier alpha value is -3.09. The number of nitrogens with zero attached hydrogens (tertiary/aromatic N) is 1. The van der Waals surface area contributed by atoms with Gasteiger partial charge < -0.3 is 14.5 Å². The molecule has 0 bridgehead atoms. The molecule has 7 heteroatoms. The number of benzene rings is 1. The number of carbonyl (C=O) groups is 3. The summed E-state index contributed by atoms with van der Waals surface area (Å²) in [7, 11) is 1.25. The van der Waals surface area contributed by atoms with E-state index in [9.17, 15) is 14.4 Å². The minimum absolute atomic E-state index is 0.0281. The molecule has 1 saturated heterocycles. The van der Waals surface area contributed by atoms with Crippen LogP contribution in [0.25, 0.3) is 0 Å². The fourth-order valence-electron chi connectivity index (χ4n) is 2.54. The van der Waals surface area contributed by atoms with Crippen molar-refractivity contribution in [2.45, 2.75) is 19.0 Å². The van der Waals surface area contributed by atoms with Crippen molar-refractivity contribution in [3.8, 4) is 0 Å². The van der Waals surface area contributed by atoms with Crippen molar-refractivity contribution < 1.29 is 23.5 Å². The summed E-state index contributed by atoms with van der Waals surface area (Å²) in [5.74, 6) is -0.570. The van der Waals surface area contributed by atoms with Crippen molar-refractivity contribution in [1.29, 1.82) is 0 Å². The van der Waals surface area contributed by atoms with Crippen LogP contribution in [-0.4, -0.2) is 36.0 Å². The molecule has 7 nitrogen and oxygen atoms in total. The van der Waals surface area contributed by atoms with E-state index in [1.807, 2.05) is 30.3 Å². The fourth-order valence-corrected chi connectivity index (χ4v) is 2.54. The van der Waals surface area contributed by atoms with Crippen LogP contribution >= 0.6 is 0 Å². The summed E-state index contributed by atoms with van der Waals surface area (Å²) in [4.78, 5) is 36.9. The average molecular weight is 328 g/mol. The maximum absolute atomic E-state index is 12.4. The molecule has 1 unspecified atom stereocenters. The summed E-state index contributed by atoms with van der Waals surface area (Å²) in [6.07, 6.45) is 0.424. The van der Waals surface area contributed by atoms with Crippen LogP contribution in [0.5, 0.6) is 0 Å². The van der Waals surface area contributed by atoms with E-state index in [1.165, 1.54) is 19.2 Å². The van der Waals surface area contributed by atoms with Crippen molar-refractivity contribution in [3.63, 3.8) is 0 Å². The number of hydrogen-bond donors (Lipinski definition) is 1. The summed E-state index contributed by atoms with van der Waals surface area (Å²) in [6, 6.07) is 11.4. The summed E-state index contributed by atoms with van der Waals surface area (Å²) in [5, 5.41) is 2.67. The largest absolute Gasteiger partial charge is 0.463 e. The number of ether oxygens (including phenoxy) is 1. The van der Waals surface area contributed by atoms with Crippen LogP contribution in [0.4, 0.5) is 4.79 Å². The van der Waals surface area contributed by atoms with E-state index in [1.54, 1.807) is 0 Å². The quantitative estimate of drug-likeness (QED) is 0.667. The van der Waals surface area contributed by atoms with Gasteiger partial charge in [-0.3, -0.25) is 9.69 Å². The summed E-state index contributed by atoms with van der Waals surface area (Å²) in [5.41, 5.74) is 0.962. The molecule has 0 aliphatic carbocycles. The third-order valence-corrected chi connectivity index (χ3v) is 3.75. The molecule has 1 aliphatic rings. The summed E-state index contributed by atoms with van der Waals surface area (Å²) < 4.78 is 9.85. The first kappa shape index (κ1) is 15.8. The van der Waals surface area contributed by atoms with Crippen LogP contribution in [0.15, 0.2) is 46.9 Å². The highest BCUT2D eigenvalue weighted by Crippen LogP contribution is 2.17. The summed E-state index contributed by atoms with van der Waals surface area (Å²) in [6.45, 7) is -0.0348. The van der Waals surface area contributed by atoms with Gasteiger partial charge in [-0.1, -0.05) is 30.3 Å². The third kappa shape index (κ3) is 3.15. The Labute approximate surface area is 138 Å². The molecule has 124 valence electrons. The third-order valence-electron chi connectivity index (χ3n) is 3.75. The lowest BCUT2D eigenvalue weighted by Gasteiger charge is -2.11. The molecule has 2 heterocycles. The van der Waals surface area contributed by atoms with Gasteiger partial charge in [-0.2, -0.15) is 0 Å². The van der Waals surface area contributed by atoms with Gasteiger partial charge >= 0.3 is 12.0 Å². The predicted molar refractivity (Wildman–Crippen MR) is 83.1 cm³/mol. The van der Waals surface area contributed by atoms with Crippen LogP contribution in [0.2, 0.25) is 0 Å². The molecule has 3 rings (SSSR count). The normalized spacial score (nSPS) is 17.0. The highest BCUT2D eigenvalue weighted by Gasteiger charge is 2.38. The first-order valence-corrected chi connectivity index (χ1v) is 7.41. The first-order valence-electron chi connectivity index (χ1n) is 7.41. The van der Waals surface area contributed by atoms with Crippen LogP contribution < -0.4 is 5.32 Å². The maximum atomic E-state index is 12.4. The fraction of sp³-hybridized carbons (Fsp3) is 0.235. The van der Waals surface area contributed by atoms with E-state index in [0.29, 0.717) is 12.2 Å². The Morgan fingerprint density at radius 3 is 2.67 bits per heavy atom. The first-order chi connectivity index (χ1) is 11.6. The number of hydrogen-bond acceptors (Lipinski definition) is 5. The van der Waals surface area contributed by atoms with Crippen molar-refractivity contribution >= 4 is 17.9 Å². The second kappa shape index (κ2) is 6.57. The van der Waals surface area contributed by atoms with E-state index >= 15 is 0 Å². The van der Waals surface area contributed by atoms with Crippen LogP contribution in [0, 0.1) is 0 Å². The Balaban J connectivity index is 1.68. The van der Waals surface area contributed by atoms with Gasteiger partial charge in [0.05, 0.1) is 13.7 Å². The van der Waals surface area contributed by atoms with E-state index in [0.717, 1.165) is 10.5 Å². The Bertz CT molecular complexity index is 768. The van der Waals surface area contributed by atoms with Gasteiger partial charge in [0.15, 0.2) is 0 Å². The van der Waals surface area contributed by atoms with Gasteiger partial charge in [0.2, 0.25) is 5.76 Å². The molecule has 0 radical (unpaired) electrons. The number of amides is 3. The van der Waals surface area contributed by atoms with Crippen molar-refractivity contribution in [1.82, 2.24) is 10.2 Å². The molecule has 1 aromatic carbocycles. The smallest absolute Gasteiger partial charge is 0.373 e. The predicted octanol–water partition coefficient (Wildman–Crippen LogP) is 1.73. The van der Waals surface area contributed by atoms with Gasteiger partial charge in [0.25, 0.3) is 5.91 Å². The molecule has 1 aromatic heterocycles. The highest BCUT2D eigenvalue weighted by molar-refractivity contribution is 6.04. The number of rotatable bonds is 5. The zero-order chi connectivity index (χ0) is 17.1. The minimum atomic E-state index is -0.611. The SMILES string of the molecule is COC(=O)c1ccc(CN2C(=O)NC(Cc3ccccc3)C2=O)o1. The van der Waals surface area contributed by atoms with E-state index in [4.69, 9.17) is 4.42 Å². The van der Waals surface area contributed by atoms with Gasteiger partial charge in [0.1, 0.15) is 11.8 Å². The Morgan fingerprint density at radius 1 is 1.21 bits per heavy atom. The molecule has 1 N–H and O–H groups in total. The lowest BCUT2D eigenvalue weighted by atomic mass is 10.1. The van der Waals surface area contributed by atoms with Crippen molar-refractivity contribution in [2.75, 3.05) is 7.11 Å². The number of esters is 1.